The number of aryl methyl sites for hydroxylation is 1. The molecule has 4 aromatic rings. The Morgan fingerprint density at radius 2 is 1.97 bits per heavy atom. The van der Waals surface area contributed by atoms with Crippen LogP contribution in [0.25, 0.3) is 27.4 Å². The van der Waals surface area contributed by atoms with Gasteiger partial charge in [-0.3, -0.25) is 9.69 Å². The number of benzene rings is 2. The van der Waals surface area contributed by atoms with Crippen molar-refractivity contribution in [3.8, 4) is 28.3 Å². The van der Waals surface area contributed by atoms with Crippen molar-refractivity contribution >= 4 is 17.4 Å². The Labute approximate surface area is 225 Å². The Balaban J connectivity index is 1.39. The minimum atomic E-state index is -0.992. The maximum Gasteiger partial charge on any atom is 0.260 e. The third kappa shape index (κ3) is 4.74. The topological polar surface area (TPSA) is 118 Å². The van der Waals surface area contributed by atoms with E-state index < -0.39 is 12.7 Å². The number of aliphatic hydroxyl groups excluding tert-OH is 2. The van der Waals surface area contributed by atoms with Crippen molar-refractivity contribution in [1.29, 1.82) is 0 Å². The highest BCUT2D eigenvalue weighted by atomic mass is 16.5. The normalized spacial score (nSPS) is 15.2. The van der Waals surface area contributed by atoms with Crippen molar-refractivity contribution in [2.24, 2.45) is 7.05 Å². The van der Waals surface area contributed by atoms with Crippen LogP contribution in [-0.2, 0) is 13.6 Å². The fraction of sp³-hybridized carbons (Fsp3) is 0.276. The Morgan fingerprint density at radius 1 is 1.13 bits per heavy atom. The fourth-order valence-electron chi connectivity index (χ4n) is 4.78. The van der Waals surface area contributed by atoms with Crippen LogP contribution in [0.15, 0.2) is 54.9 Å². The molecule has 0 saturated heterocycles. The summed E-state index contributed by atoms with van der Waals surface area (Å²) >= 11 is 0. The second kappa shape index (κ2) is 9.94. The van der Waals surface area contributed by atoms with Gasteiger partial charge in [0.05, 0.1) is 19.7 Å². The number of aliphatic hydroxyl groups is 2. The number of rotatable bonds is 8. The zero-order chi connectivity index (χ0) is 27.1. The van der Waals surface area contributed by atoms with Crippen LogP contribution >= 0.6 is 0 Å². The molecule has 2 N–H and O–H groups in total. The molecule has 10 nitrogen and oxygen atoms in total. The maximum atomic E-state index is 13.6. The molecule has 1 aliphatic heterocycles. The third-order valence-corrected chi connectivity index (χ3v) is 7.04. The van der Waals surface area contributed by atoms with Crippen molar-refractivity contribution in [2.75, 3.05) is 18.1 Å². The van der Waals surface area contributed by atoms with E-state index in [1.807, 2.05) is 35.9 Å². The summed E-state index contributed by atoms with van der Waals surface area (Å²) in [6, 6.07) is 14.8. The van der Waals surface area contributed by atoms with Gasteiger partial charge in [-0.25, -0.2) is 9.83 Å². The van der Waals surface area contributed by atoms with Crippen molar-refractivity contribution in [2.45, 2.75) is 31.4 Å². The quantitative estimate of drug-likeness (QED) is 0.337. The molecule has 1 fully saturated rings. The van der Waals surface area contributed by atoms with Crippen molar-refractivity contribution in [1.82, 2.24) is 19.7 Å². The van der Waals surface area contributed by atoms with Gasteiger partial charge in [0, 0.05) is 29.8 Å². The molecule has 0 radical (unpaired) electrons. The molecule has 0 unspecified atom stereocenters. The molecule has 0 bridgehead atoms. The van der Waals surface area contributed by atoms with Gasteiger partial charge in [-0.2, -0.15) is 0 Å². The molecule has 1 saturated carbocycles. The summed E-state index contributed by atoms with van der Waals surface area (Å²) in [6.07, 6.45) is 2.74. The molecule has 3 heterocycles. The van der Waals surface area contributed by atoms with E-state index in [4.69, 9.17) is 21.4 Å². The first-order valence-corrected chi connectivity index (χ1v) is 12.7. The van der Waals surface area contributed by atoms with Crippen LogP contribution < -0.4 is 9.64 Å². The number of anilines is 1. The Bertz CT molecular complexity index is 1620. The number of pyridine rings is 1. The Hall–Kier alpha value is -4.59. The summed E-state index contributed by atoms with van der Waals surface area (Å²) in [7, 11) is 1.86. The number of hydrogen-bond acceptors (Lipinski definition) is 7. The maximum absolute atomic E-state index is 13.6. The average molecular weight is 523 g/mol. The van der Waals surface area contributed by atoms with Crippen molar-refractivity contribution < 1.29 is 19.7 Å². The number of amides is 1. The molecular formula is C29H26N6O4. The zero-order valence-corrected chi connectivity index (χ0v) is 21.3. The van der Waals surface area contributed by atoms with E-state index in [0.717, 1.165) is 40.8 Å². The molecule has 2 aliphatic rings. The highest BCUT2D eigenvalue weighted by Gasteiger charge is 2.32. The zero-order valence-electron chi connectivity index (χ0n) is 21.3. The van der Waals surface area contributed by atoms with E-state index >= 15 is 0 Å². The van der Waals surface area contributed by atoms with E-state index in [1.54, 1.807) is 29.4 Å². The molecule has 10 heteroatoms. The summed E-state index contributed by atoms with van der Waals surface area (Å²) in [5, 5.41) is 26.9. The minimum absolute atomic E-state index is 0.0678. The van der Waals surface area contributed by atoms with Gasteiger partial charge in [-0.15, -0.1) is 10.2 Å². The van der Waals surface area contributed by atoms with Crippen molar-refractivity contribution in [3.63, 3.8) is 0 Å². The second-order valence-electron chi connectivity index (χ2n) is 9.88. The number of carbonyl (C=O) groups excluding carboxylic acids is 1. The predicted molar refractivity (Wildman–Crippen MR) is 143 cm³/mol. The van der Waals surface area contributed by atoms with Crippen LogP contribution in [0.1, 0.15) is 40.4 Å². The molecule has 2 aromatic carbocycles. The SMILES string of the molecule is [C-]#[N+]c1ccc(-c2cc(C3CC3)nc(N3Cc4ccc(OC[C@@H](O)CO)cc4C3=O)c2)c(-c2nncn2C)c1. The Kier molecular flexibility index (Phi) is 6.30. The van der Waals surface area contributed by atoms with Gasteiger partial charge >= 0.3 is 0 Å². The molecule has 1 aliphatic carbocycles. The lowest BCUT2D eigenvalue weighted by Gasteiger charge is -2.18. The number of fused-ring (bicyclic) bond motifs is 1. The standard InChI is InChI=1S/C29H26N6O4/c1-30-20-6-8-23(25(11-20)28-33-31-16-34(28)2)19-9-26(17-3-4-17)32-27(10-19)35-13-18-5-7-22(12-24(18)29(35)38)39-15-21(37)14-36/h5-12,16-17,21,36-37H,3-4,13-15H2,2H3/t21-/m0/s1. The lowest BCUT2D eigenvalue weighted by atomic mass is 9.97. The number of hydrogen-bond donors (Lipinski definition) is 2. The monoisotopic (exact) mass is 522 g/mol. The van der Waals surface area contributed by atoms with Crippen LogP contribution in [0.2, 0.25) is 0 Å². The lowest BCUT2D eigenvalue weighted by molar-refractivity contribution is 0.0536. The highest BCUT2D eigenvalue weighted by Crippen LogP contribution is 2.43. The lowest BCUT2D eigenvalue weighted by Crippen LogP contribution is -2.24. The second-order valence-corrected chi connectivity index (χ2v) is 9.88. The van der Waals surface area contributed by atoms with E-state index in [-0.39, 0.29) is 12.5 Å². The van der Waals surface area contributed by atoms with Gasteiger partial charge in [0.25, 0.3) is 5.91 Å². The minimum Gasteiger partial charge on any atom is -0.491 e. The number of ether oxygens (including phenoxy) is 1. The number of carbonyl (C=O) groups is 1. The highest BCUT2D eigenvalue weighted by molar-refractivity contribution is 6.10. The predicted octanol–water partition coefficient (Wildman–Crippen LogP) is 3.86. The van der Waals surface area contributed by atoms with Crippen LogP contribution in [0, 0.1) is 6.57 Å². The van der Waals surface area contributed by atoms with Crippen LogP contribution in [-0.4, -0.2) is 55.2 Å². The molecule has 6 rings (SSSR count). The number of aromatic nitrogens is 4. The van der Waals surface area contributed by atoms with E-state index in [2.05, 4.69) is 21.1 Å². The summed E-state index contributed by atoms with van der Waals surface area (Å²) in [6.45, 7) is 7.40. The summed E-state index contributed by atoms with van der Waals surface area (Å²) in [5.74, 6) is 1.83. The van der Waals surface area contributed by atoms with Gasteiger partial charge in [-0.1, -0.05) is 18.2 Å². The van der Waals surface area contributed by atoms with Crippen LogP contribution in [0.3, 0.4) is 0 Å². The van der Waals surface area contributed by atoms with E-state index in [0.29, 0.717) is 41.1 Å². The third-order valence-electron chi connectivity index (χ3n) is 7.04. The summed E-state index contributed by atoms with van der Waals surface area (Å²) < 4.78 is 7.37. The van der Waals surface area contributed by atoms with Gasteiger partial charge in [0.2, 0.25) is 0 Å². The molecule has 0 spiro atoms. The van der Waals surface area contributed by atoms with E-state index in [9.17, 15) is 9.90 Å². The average Bonchev–Trinajstić information content (AvgIpc) is 3.66. The first-order valence-electron chi connectivity index (χ1n) is 12.7. The summed E-state index contributed by atoms with van der Waals surface area (Å²) in [4.78, 5) is 23.7. The smallest absolute Gasteiger partial charge is 0.260 e. The van der Waals surface area contributed by atoms with Crippen LogP contribution in [0.4, 0.5) is 11.5 Å². The largest absolute Gasteiger partial charge is 0.491 e. The van der Waals surface area contributed by atoms with Gasteiger partial charge in [-0.05, 0) is 59.9 Å². The first kappa shape index (κ1) is 24.7. The molecule has 39 heavy (non-hydrogen) atoms. The molecular weight excluding hydrogens is 496 g/mol. The van der Waals surface area contributed by atoms with E-state index in [1.165, 1.54) is 0 Å². The van der Waals surface area contributed by atoms with Crippen molar-refractivity contribution in [3.05, 3.63) is 83.1 Å². The first-order chi connectivity index (χ1) is 18.9. The summed E-state index contributed by atoms with van der Waals surface area (Å²) in [5.41, 5.74) is 5.37. The fourth-order valence-corrected chi connectivity index (χ4v) is 4.78. The van der Waals surface area contributed by atoms with Gasteiger partial charge < -0.3 is 19.5 Å². The van der Waals surface area contributed by atoms with Gasteiger partial charge in [0.15, 0.2) is 11.5 Å². The van der Waals surface area contributed by atoms with Gasteiger partial charge in [0.1, 0.15) is 30.6 Å². The molecule has 196 valence electrons. The molecule has 2 aromatic heterocycles. The number of nitrogens with zero attached hydrogens (tertiary/aromatic N) is 6. The van der Waals surface area contributed by atoms with Crippen LogP contribution in [0.5, 0.6) is 5.75 Å². The Morgan fingerprint density at radius 3 is 2.69 bits per heavy atom. The molecule has 1 atom stereocenters. The molecule has 1 amide bonds.